The quantitative estimate of drug-likeness (QED) is 0.655. The van der Waals surface area contributed by atoms with Crippen molar-refractivity contribution >= 4 is 33.9 Å². The van der Waals surface area contributed by atoms with Crippen LogP contribution in [0.3, 0.4) is 0 Å². The number of nitrogens with one attached hydrogen (secondary N) is 2. The Bertz CT molecular complexity index is 864. The van der Waals surface area contributed by atoms with E-state index in [1.807, 2.05) is 19.1 Å². The smallest absolute Gasteiger partial charge is 0.388 e. The Morgan fingerprint density at radius 2 is 2.27 bits per heavy atom. The summed E-state index contributed by atoms with van der Waals surface area (Å²) in [6, 6.07) is 5.35. The van der Waals surface area contributed by atoms with Crippen LogP contribution in [-0.2, 0) is 11.3 Å². The summed E-state index contributed by atoms with van der Waals surface area (Å²) in [6.07, 6.45) is 4.43. The molecule has 0 aliphatic heterocycles. The fraction of sp³-hybridized carbons (Fsp3) is 0.250. The first-order valence-corrected chi connectivity index (χ1v) is 8.61. The lowest BCUT2D eigenvalue weighted by Gasteiger charge is -2.06. The van der Waals surface area contributed by atoms with Crippen molar-refractivity contribution in [1.29, 1.82) is 0 Å². The second-order valence-corrected chi connectivity index (χ2v) is 6.41. The summed E-state index contributed by atoms with van der Waals surface area (Å²) in [4.78, 5) is 20.4. The number of ether oxygens (including phenoxy) is 2. The number of pyridine rings is 1. The van der Waals surface area contributed by atoms with Crippen molar-refractivity contribution in [1.82, 2.24) is 19.7 Å². The summed E-state index contributed by atoms with van der Waals surface area (Å²) >= 11 is 1.38. The summed E-state index contributed by atoms with van der Waals surface area (Å²) < 4.78 is 12.0. The third-order valence-corrected chi connectivity index (χ3v) is 4.07. The van der Waals surface area contributed by atoms with Gasteiger partial charge in [0.05, 0.1) is 30.0 Å². The average molecular weight is 374 g/mol. The largest absolute Gasteiger partial charge is 0.419 e. The number of nitrogens with zero attached hydrogens (tertiary/aromatic N) is 4. The third-order valence-electron chi connectivity index (χ3n) is 3.21. The Morgan fingerprint density at radius 3 is 3.04 bits per heavy atom. The number of anilines is 3. The van der Waals surface area contributed by atoms with Crippen LogP contribution in [-0.4, -0.2) is 39.6 Å². The highest BCUT2D eigenvalue weighted by molar-refractivity contribution is 7.16. The number of aryl methyl sites for hydroxylation is 1. The maximum atomic E-state index is 12.1. The summed E-state index contributed by atoms with van der Waals surface area (Å²) in [5.74, 6) is 0.590. The lowest BCUT2D eigenvalue weighted by Crippen LogP contribution is -2.18. The Balaban J connectivity index is 1.63. The molecule has 0 saturated carbocycles. The van der Waals surface area contributed by atoms with Crippen LogP contribution in [0.5, 0.6) is 5.88 Å². The molecular formula is C16H18N6O3S. The zero-order chi connectivity index (χ0) is 18.4. The second-order valence-electron chi connectivity index (χ2n) is 5.21. The number of rotatable bonds is 7. The molecule has 3 aromatic heterocycles. The van der Waals surface area contributed by atoms with Gasteiger partial charge in [0, 0.05) is 25.6 Å². The van der Waals surface area contributed by atoms with Crippen molar-refractivity contribution in [2.45, 2.75) is 13.5 Å². The minimum Gasteiger partial charge on any atom is -0.388 e. The topological polar surface area (TPSA) is 103 Å². The van der Waals surface area contributed by atoms with Gasteiger partial charge in [-0.3, -0.25) is 15.0 Å². The molecule has 136 valence electrons. The molecule has 0 aliphatic carbocycles. The van der Waals surface area contributed by atoms with Gasteiger partial charge in [-0.1, -0.05) is 11.3 Å². The molecule has 3 aromatic rings. The lowest BCUT2D eigenvalue weighted by molar-refractivity contribution is 0.183. The number of methoxy groups -OCH3 is 1. The minimum absolute atomic E-state index is 0.202. The molecule has 0 unspecified atom stereocenters. The van der Waals surface area contributed by atoms with E-state index in [2.05, 4.69) is 25.7 Å². The molecule has 0 fully saturated rings. The van der Waals surface area contributed by atoms with E-state index in [9.17, 15) is 4.79 Å². The van der Waals surface area contributed by atoms with Crippen LogP contribution in [0.2, 0.25) is 0 Å². The van der Waals surface area contributed by atoms with Gasteiger partial charge in [-0.05, 0) is 19.1 Å². The Morgan fingerprint density at radius 1 is 1.38 bits per heavy atom. The van der Waals surface area contributed by atoms with E-state index in [-0.39, 0.29) is 5.88 Å². The maximum absolute atomic E-state index is 12.1. The number of hydrogen-bond acceptors (Lipinski definition) is 8. The van der Waals surface area contributed by atoms with Crippen LogP contribution in [0, 0.1) is 6.92 Å². The van der Waals surface area contributed by atoms with Gasteiger partial charge in [-0.25, -0.2) is 9.78 Å². The molecule has 10 heteroatoms. The molecular weight excluding hydrogens is 356 g/mol. The molecule has 3 rings (SSSR count). The number of hydrogen-bond donors (Lipinski definition) is 2. The third kappa shape index (κ3) is 4.77. The molecule has 2 N–H and O–H groups in total. The van der Waals surface area contributed by atoms with Gasteiger partial charge in [-0.15, -0.1) is 0 Å². The normalized spacial score (nSPS) is 10.5. The molecule has 26 heavy (non-hydrogen) atoms. The van der Waals surface area contributed by atoms with Crippen molar-refractivity contribution in [3.05, 3.63) is 41.8 Å². The van der Waals surface area contributed by atoms with E-state index in [1.54, 1.807) is 36.4 Å². The molecule has 3 heterocycles. The summed E-state index contributed by atoms with van der Waals surface area (Å²) in [5.41, 5.74) is 0.776. The monoisotopic (exact) mass is 374 g/mol. The molecule has 0 aromatic carbocycles. The zero-order valence-electron chi connectivity index (χ0n) is 14.3. The summed E-state index contributed by atoms with van der Waals surface area (Å²) in [6.45, 7) is 2.96. The highest BCUT2D eigenvalue weighted by Gasteiger charge is 2.16. The Kier molecular flexibility index (Phi) is 5.77. The van der Waals surface area contributed by atoms with Gasteiger partial charge in [0.15, 0.2) is 10.8 Å². The first-order chi connectivity index (χ1) is 12.6. The van der Waals surface area contributed by atoms with Gasteiger partial charge in [-0.2, -0.15) is 5.10 Å². The fourth-order valence-electron chi connectivity index (χ4n) is 2.08. The van der Waals surface area contributed by atoms with E-state index in [0.29, 0.717) is 24.0 Å². The van der Waals surface area contributed by atoms with Crippen molar-refractivity contribution in [3.8, 4) is 5.88 Å². The van der Waals surface area contributed by atoms with E-state index in [4.69, 9.17) is 9.47 Å². The molecule has 0 atom stereocenters. The number of aromatic nitrogens is 4. The van der Waals surface area contributed by atoms with Gasteiger partial charge < -0.3 is 14.8 Å². The molecule has 9 nitrogen and oxygen atoms in total. The van der Waals surface area contributed by atoms with Crippen molar-refractivity contribution in [2.24, 2.45) is 0 Å². The molecule has 1 amide bonds. The van der Waals surface area contributed by atoms with E-state index in [1.165, 1.54) is 11.3 Å². The minimum atomic E-state index is -0.665. The molecule has 0 radical (unpaired) electrons. The predicted octanol–water partition coefficient (Wildman–Crippen LogP) is 3.04. The van der Waals surface area contributed by atoms with Gasteiger partial charge >= 0.3 is 6.09 Å². The van der Waals surface area contributed by atoms with E-state index < -0.39 is 6.09 Å². The fourth-order valence-corrected chi connectivity index (χ4v) is 2.85. The van der Waals surface area contributed by atoms with Crippen LogP contribution in [0.25, 0.3) is 0 Å². The van der Waals surface area contributed by atoms with Crippen molar-refractivity contribution in [2.75, 3.05) is 24.4 Å². The van der Waals surface area contributed by atoms with Crippen LogP contribution < -0.4 is 15.4 Å². The molecule has 0 spiro atoms. The summed E-state index contributed by atoms with van der Waals surface area (Å²) in [7, 11) is 1.62. The standard InChI is InChI=1S/C16H18N6O3S/c1-11-18-14(15(26-11)19-12-4-3-6-17-10-12)25-16(23)20-13-5-7-22(21-13)8-9-24-2/h3-7,10,19H,8-9H2,1-2H3,(H,20,21,23). The molecule has 0 aliphatic rings. The lowest BCUT2D eigenvalue weighted by atomic mass is 10.4. The van der Waals surface area contributed by atoms with Crippen molar-refractivity contribution in [3.63, 3.8) is 0 Å². The van der Waals surface area contributed by atoms with E-state index >= 15 is 0 Å². The zero-order valence-corrected chi connectivity index (χ0v) is 15.1. The molecule has 0 saturated heterocycles. The van der Waals surface area contributed by atoms with Crippen LogP contribution >= 0.6 is 11.3 Å². The van der Waals surface area contributed by atoms with Crippen LogP contribution in [0.15, 0.2) is 36.8 Å². The average Bonchev–Trinajstić information content (AvgIpc) is 3.20. The number of carbonyl (C=O) groups is 1. The Labute approximate surface area is 154 Å². The van der Waals surface area contributed by atoms with Gasteiger partial charge in [0.25, 0.3) is 5.88 Å². The van der Waals surface area contributed by atoms with Gasteiger partial charge in [0.2, 0.25) is 0 Å². The second kappa shape index (κ2) is 8.41. The first kappa shape index (κ1) is 17.8. The van der Waals surface area contributed by atoms with E-state index in [0.717, 1.165) is 10.7 Å². The SMILES string of the molecule is COCCn1ccc(NC(=O)Oc2nc(C)sc2Nc2cccnc2)n1. The van der Waals surface area contributed by atoms with Crippen LogP contribution in [0.4, 0.5) is 21.3 Å². The Hall–Kier alpha value is -2.98. The summed E-state index contributed by atoms with van der Waals surface area (Å²) in [5, 5.41) is 11.3. The first-order valence-electron chi connectivity index (χ1n) is 7.80. The number of thiazole rings is 1. The van der Waals surface area contributed by atoms with Crippen LogP contribution in [0.1, 0.15) is 5.01 Å². The molecule has 0 bridgehead atoms. The highest BCUT2D eigenvalue weighted by atomic mass is 32.1. The van der Waals surface area contributed by atoms with Gasteiger partial charge in [0.1, 0.15) is 0 Å². The number of carbonyl (C=O) groups excluding carboxylic acids is 1. The number of amides is 1. The predicted molar refractivity (Wildman–Crippen MR) is 98.1 cm³/mol. The maximum Gasteiger partial charge on any atom is 0.419 e. The highest BCUT2D eigenvalue weighted by Crippen LogP contribution is 2.33. The van der Waals surface area contributed by atoms with Crippen molar-refractivity contribution < 1.29 is 14.3 Å².